The maximum atomic E-state index is 11.3. The fourth-order valence-electron chi connectivity index (χ4n) is 1.26. The number of rotatable bonds is 7. The molecule has 0 fully saturated rings. The van der Waals surface area contributed by atoms with E-state index in [1.165, 1.54) is 0 Å². The largest absolute Gasteiger partial charge is 0.352 e. The van der Waals surface area contributed by atoms with Gasteiger partial charge in [0, 0.05) is 6.54 Å². The molecule has 0 rings (SSSR count). The first-order valence-electron chi connectivity index (χ1n) is 5.48. The Morgan fingerprint density at radius 3 is 2.47 bits per heavy atom. The van der Waals surface area contributed by atoms with Gasteiger partial charge in [-0.2, -0.15) is 0 Å². The van der Waals surface area contributed by atoms with Crippen LogP contribution in [0.4, 0.5) is 0 Å². The van der Waals surface area contributed by atoms with Crippen molar-refractivity contribution in [2.45, 2.75) is 27.2 Å². The second kappa shape index (κ2) is 8.92. The number of nitrogens with zero attached hydrogens (tertiary/aromatic N) is 1. The van der Waals surface area contributed by atoms with Crippen LogP contribution in [0, 0.1) is 0 Å². The molecule has 0 aliphatic heterocycles. The van der Waals surface area contributed by atoms with Crippen molar-refractivity contribution in [2.75, 3.05) is 26.2 Å². The van der Waals surface area contributed by atoms with Crippen LogP contribution in [-0.2, 0) is 4.79 Å². The summed E-state index contributed by atoms with van der Waals surface area (Å²) in [7, 11) is 0. The van der Waals surface area contributed by atoms with Crippen molar-refractivity contribution in [1.82, 2.24) is 10.2 Å². The van der Waals surface area contributed by atoms with E-state index in [1.807, 2.05) is 6.92 Å². The van der Waals surface area contributed by atoms with Crippen molar-refractivity contribution in [1.29, 1.82) is 0 Å². The number of carbonyl (C=O) groups excluding carboxylic acids is 1. The van der Waals surface area contributed by atoms with Gasteiger partial charge >= 0.3 is 0 Å². The van der Waals surface area contributed by atoms with E-state index in [0.717, 1.165) is 32.6 Å². The van der Waals surface area contributed by atoms with Crippen molar-refractivity contribution >= 4 is 21.8 Å². The standard InChI is InChI=1S/C11H21BrN2O/c1-4-10(12)11(15)13-8-7-9-14(5-2)6-3/h4H,5-9H2,1-3H3,(H,13,15)/b10-4-. The minimum Gasteiger partial charge on any atom is -0.352 e. The molecule has 0 aromatic heterocycles. The molecule has 88 valence electrons. The molecule has 0 saturated carbocycles. The molecular weight excluding hydrogens is 256 g/mol. The van der Waals surface area contributed by atoms with Gasteiger partial charge in [-0.15, -0.1) is 0 Å². The lowest BCUT2D eigenvalue weighted by atomic mass is 10.3. The minimum atomic E-state index is -0.0305. The Hall–Kier alpha value is -0.350. The lowest BCUT2D eigenvalue weighted by molar-refractivity contribution is -0.116. The predicted octanol–water partition coefficient (Wildman–Crippen LogP) is 2.13. The number of hydrogen-bond acceptors (Lipinski definition) is 2. The van der Waals surface area contributed by atoms with Gasteiger partial charge in [-0.1, -0.05) is 19.9 Å². The van der Waals surface area contributed by atoms with Crippen molar-refractivity contribution in [3.05, 3.63) is 10.6 Å². The molecule has 0 aromatic carbocycles. The Bertz CT molecular complexity index is 213. The highest BCUT2D eigenvalue weighted by Gasteiger charge is 2.03. The summed E-state index contributed by atoms with van der Waals surface area (Å²) in [5, 5.41) is 2.86. The summed E-state index contributed by atoms with van der Waals surface area (Å²) in [6.45, 7) is 10.1. The smallest absolute Gasteiger partial charge is 0.257 e. The summed E-state index contributed by atoms with van der Waals surface area (Å²) in [6, 6.07) is 0. The van der Waals surface area contributed by atoms with Crippen molar-refractivity contribution in [2.24, 2.45) is 0 Å². The first-order valence-corrected chi connectivity index (χ1v) is 6.27. The summed E-state index contributed by atoms with van der Waals surface area (Å²) < 4.78 is 0.602. The van der Waals surface area contributed by atoms with E-state index in [2.05, 4.69) is 40.0 Å². The Balaban J connectivity index is 3.58. The number of hydrogen-bond donors (Lipinski definition) is 1. The van der Waals surface area contributed by atoms with Crippen LogP contribution < -0.4 is 5.32 Å². The molecule has 0 atom stereocenters. The third-order valence-corrected chi connectivity index (χ3v) is 3.12. The van der Waals surface area contributed by atoms with E-state index < -0.39 is 0 Å². The maximum absolute atomic E-state index is 11.3. The van der Waals surface area contributed by atoms with E-state index in [9.17, 15) is 4.79 Å². The Kier molecular flexibility index (Phi) is 8.71. The molecule has 0 bridgehead atoms. The summed E-state index contributed by atoms with van der Waals surface area (Å²) in [6.07, 6.45) is 2.75. The average molecular weight is 277 g/mol. The van der Waals surface area contributed by atoms with Gasteiger partial charge in [-0.25, -0.2) is 0 Å². The highest BCUT2D eigenvalue weighted by atomic mass is 79.9. The third-order valence-electron chi connectivity index (χ3n) is 2.30. The van der Waals surface area contributed by atoms with Gasteiger partial charge < -0.3 is 10.2 Å². The molecular formula is C11H21BrN2O. The van der Waals surface area contributed by atoms with Gasteiger partial charge in [0.15, 0.2) is 0 Å². The van der Waals surface area contributed by atoms with Crippen LogP contribution >= 0.6 is 15.9 Å². The molecule has 0 heterocycles. The third kappa shape index (κ3) is 6.68. The molecule has 0 aliphatic rings. The van der Waals surface area contributed by atoms with Gasteiger partial charge in [0.1, 0.15) is 0 Å². The zero-order valence-electron chi connectivity index (χ0n) is 9.85. The SMILES string of the molecule is C/C=C(\Br)C(=O)NCCCN(CC)CC. The molecule has 0 radical (unpaired) electrons. The number of amides is 1. The zero-order chi connectivity index (χ0) is 11.7. The van der Waals surface area contributed by atoms with Gasteiger partial charge in [-0.3, -0.25) is 4.79 Å². The summed E-state index contributed by atoms with van der Waals surface area (Å²) in [5.74, 6) is -0.0305. The lowest BCUT2D eigenvalue weighted by Gasteiger charge is -2.17. The predicted molar refractivity (Wildman–Crippen MR) is 68.1 cm³/mol. The van der Waals surface area contributed by atoms with E-state index >= 15 is 0 Å². The summed E-state index contributed by atoms with van der Waals surface area (Å²) in [4.78, 5) is 13.7. The highest BCUT2D eigenvalue weighted by molar-refractivity contribution is 9.12. The van der Waals surface area contributed by atoms with Crippen LogP contribution in [0.2, 0.25) is 0 Å². The van der Waals surface area contributed by atoms with Gasteiger partial charge in [-0.05, 0) is 48.9 Å². The van der Waals surface area contributed by atoms with Crippen LogP contribution in [0.1, 0.15) is 27.2 Å². The molecule has 15 heavy (non-hydrogen) atoms. The maximum Gasteiger partial charge on any atom is 0.257 e. The Morgan fingerprint density at radius 1 is 1.40 bits per heavy atom. The van der Waals surface area contributed by atoms with Crippen LogP contribution in [0.5, 0.6) is 0 Å². The molecule has 0 saturated heterocycles. The van der Waals surface area contributed by atoms with Crippen molar-refractivity contribution in [3.8, 4) is 0 Å². The highest BCUT2D eigenvalue weighted by Crippen LogP contribution is 2.03. The summed E-state index contributed by atoms with van der Waals surface area (Å²) >= 11 is 3.19. The molecule has 4 heteroatoms. The molecule has 0 aliphatic carbocycles. The second-order valence-corrected chi connectivity index (χ2v) is 4.13. The number of carbonyl (C=O) groups is 1. The molecule has 1 N–H and O–H groups in total. The zero-order valence-corrected chi connectivity index (χ0v) is 11.4. The Morgan fingerprint density at radius 2 is 2.00 bits per heavy atom. The van der Waals surface area contributed by atoms with Gasteiger partial charge in [0.2, 0.25) is 0 Å². The van der Waals surface area contributed by atoms with E-state index in [-0.39, 0.29) is 5.91 Å². The van der Waals surface area contributed by atoms with Gasteiger partial charge in [0.25, 0.3) is 5.91 Å². The first kappa shape index (κ1) is 14.6. The number of nitrogens with one attached hydrogen (secondary N) is 1. The topological polar surface area (TPSA) is 32.3 Å². The molecule has 1 amide bonds. The van der Waals surface area contributed by atoms with Gasteiger partial charge in [0.05, 0.1) is 4.48 Å². The van der Waals surface area contributed by atoms with E-state index in [0.29, 0.717) is 4.48 Å². The molecule has 3 nitrogen and oxygen atoms in total. The van der Waals surface area contributed by atoms with Crippen LogP contribution in [-0.4, -0.2) is 37.0 Å². The summed E-state index contributed by atoms with van der Waals surface area (Å²) in [5.41, 5.74) is 0. The fraction of sp³-hybridized carbons (Fsp3) is 0.727. The normalized spacial score (nSPS) is 11.9. The first-order chi connectivity index (χ1) is 7.15. The van der Waals surface area contributed by atoms with Crippen LogP contribution in [0.25, 0.3) is 0 Å². The number of halogens is 1. The van der Waals surface area contributed by atoms with E-state index in [4.69, 9.17) is 0 Å². The minimum absolute atomic E-state index is 0.0305. The fourth-order valence-corrected chi connectivity index (χ4v) is 1.40. The van der Waals surface area contributed by atoms with Crippen LogP contribution in [0.3, 0.4) is 0 Å². The van der Waals surface area contributed by atoms with Crippen molar-refractivity contribution < 1.29 is 4.79 Å². The average Bonchev–Trinajstić information content (AvgIpc) is 2.27. The second-order valence-electron chi connectivity index (χ2n) is 3.27. The van der Waals surface area contributed by atoms with Crippen molar-refractivity contribution in [3.63, 3.8) is 0 Å². The molecule has 0 unspecified atom stereocenters. The van der Waals surface area contributed by atoms with E-state index in [1.54, 1.807) is 6.08 Å². The monoisotopic (exact) mass is 276 g/mol. The molecule has 0 aromatic rings. The van der Waals surface area contributed by atoms with Crippen LogP contribution in [0.15, 0.2) is 10.6 Å². The Labute approximate surface area is 101 Å². The lowest BCUT2D eigenvalue weighted by Crippen LogP contribution is -2.29. The number of allylic oxidation sites excluding steroid dienone is 1. The molecule has 0 spiro atoms. The quantitative estimate of drug-likeness (QED) is 0.571.